The summed E-state index contributed by atoms with van der Waals surface area (Å²) in [4.78, 5) is 3.38. The number of rotatable bonds is 4. The van der Waals surface area contributed by atoms with E-state index in [0.29, 0.717) is 11.8 Å². The van der Waals surface area contributed by atoms with Crippen LogP contribution in [0.1, 0.15) is 41.0 Å². The van der Waals surface area contributed by atoms with Crippen molar-refractivity contribution in [3.05, 3.63) is 69.9 Å². The molecule has 5 heteroatoms. The number of sulfone groups is 1. The first-order chi connectivity index (χ1) is 12.9. The SMILES string of the molecule is CS(=O)(=O)Cc1cccc2c(C3c4cc(Cl)ccc4CC3C3CC3)c[nH]c12. The van der Waals surface area contributed by atoms with Crippen LogP contribution in [-0.4, -0.2) is 19.7 Å². The number of halogens is 1. The molecule has 0 saturated heterocycles. The molecule has 3 aromatic rings. The van der Waals surface area contributed by atoms with E-state index in [0.717, 1.165) is 33.8 Å². The summed E-state index contributed by atoms with van der Waals surface area (Å²) in [6.07, 6.45) is 7.10. The highest BCUT2D eigenvalue weighted by atomic mass is 35.5. The van der Waals surface area contributed by atoms with Crippen LogP contribution in [-0.2, 0) is 22.0 Å². The summed E-state index contributed by atoms with van der Waals surface area (Å²) in [5.74, 6) is 1.78. The van der Waals surface area contributed by atoms with Gasteiger partial charge in [0.15, 0.2) is 9.84 Å². The summed E-state index contributed by atoms with van der Waals surface area (Å²) in [5, 5.41) is 1.92. The van der Waals surface area contributed by atoms with E-state index in [9.17, 15) is 8.42 Å². The van der Waals surface area contributed by atoms with Gasteiger partial charge in [0.05, 0.1) is 5.75 Å². The van der Waals surface area contributed by atoms with Gasteiger partial charge in [-0.05, 0) is 65.5 Å². The second-order valence-electron chi connectivity index (χ2n) is 8.18. The minimum absolute atomic E-state index is 0.0590. The lowest BCUT2D eigenvalue weighted by atomic mass is 9.83. The number of para-hydroxylation sites is 1. The predicted molar refractivity (Wildman–Crippen MR) is 110 cm³/mol. The molecule has 2 aliphatic rings. The number of benzene rings is 2. The predicted octanol–water partition coefficient (Wildman–Crippen LogP) is 5.08. The molecule has 27 heavy (non-hydrogen) atoms. The van der Waals surface area contributed by atoms with Crippen LogP contribution in [0, 0.1) is 11.8 Å². The first-order valence-electron chi connectivity index (χ1n) is 9.45. The Bertz CT molecular complexity index is 1140. The van der Waals surface area contributed by atoms with E-state index in [1.807, 2.05) is 18.2 Å². The summed E-state index contributed by atoms with van der Waals surface area (Å²) in [7, 11) is -3.08. The molecular weight excluding hydrogens is 378 g/mol. The quantitative estimate of drug-likeness (QED) is 0.665. The van der Waals surface area contributed by atoms with Crippen molar-refractivity contribution in [1.82, 2.24) is 4.98 Å². The molecule has 1 N–H and O–H groups in total. The topological polar surface area (TPSA) is 49.9 Å². The van der Waals surface area contributed by atoms with Crippen molar-refractivity contribution < 1.29 is 8.42 Å². The lowest BCUT2D eigenvalue weighted by Gasteiger charge is -2.20. The third kappa shape index (κ3) is 3.09. The van der Waals surface area contributed by atoms with Gasteiger partial charge in [0.1, 0.15) is 0 Å². The van der Waals surface area contributed by atoms with Crippen molar-refractivity contribution >= 4 is 32.3 Å². The van der Waals surface area contributed by atoms with Crippen LogP contribution < -0.4 is 0 Å². The van der Waals surface area contributed by atoms with Gasteiger partial charge in [0.25, 0.3) is 0 Å². The van der Waals surface area contributed by atoms with Crippen LogP contribution >= 0.6 is 11.6 Å². The highest BCUT2D eigenvalue weighted by Crippen LogP contribution is 2.54. The van der Waals surface area contributed by atoms with E-state index in [2.05, 4.69) is 29.4 Å². The summed E-state index contributed by atoms with van der Waals surface area (Å²) >= 11 is 6.33. The summed E-state index contributed by atoms with van der Waals surface area (Å²) in [6, 6.07) is 12.3. The summed E-state index contributed by atoms with van der Waals surface area (Å²) < 4.78 is 23.7. The fraction of sp³-hybridized carbons (Fsp3) is 0.364. The molecular formula is C22H22ClNO2S. The van der Waals surface area contributed by atoms with Crippen LogP contribution in [0.15, 0.2) is 42.6 Å². The normalized spacial score (nSPS) is 22.3. The molecule has 0 aliphatic heterocycles. The Hall–Kier alpha value is -1.78. The van der Waals surface area contributed by atoms with Crippen molar-refractivity contribution in [2.75, 3.05) is 6.26 Å². The molecule has 5 rings (SSSR count). The number of nitrogens with one attached hydrogen (secondary N) is 1. The second-order valence-corrected chi connectivity index (χ2v) is 10.8. The highest BCUT2D eigenvalue weighted by molar-refractivity contribution is 7.89. The summed E-state index contributed by atoms with van der Waals surface area (Å²) in [6.45, 7) is 0. The minimum Gasteiger partial charge on any atom is -0.361 e. The molecule has 0 spiro atoms. The molecule has 3 nitrogen and oxygen atoms in total. The summed E-state index contributed by atoms with van der Waals surface area (Å²) in [5.41, 5.74) is 5.81. The number of fused-ring (bicyclic) bond motifs is 2. The van der Waals surface area contributed by atoms with Crippen LogP contribution in [0.5, 0.6) is 0 Å². The zero-order valence-electron chi connectivity index (χ0n) is 15.2. The van der Waals surface area contributed by atoms with E-state index in [-0.39, 0.29) is 5.75 Å². The Morgan fingerprint density at radius 1 is 1.15 bits per heavy atom. The average molecular weight is 400 g/mol. The molecule has 2 aromatic carbocycles. The van der Waals surface area contributed by atoms with Crippen molar-refractivity contribution in [3.63, 3.8) is 0 Å². The van der Waals surface area contributed by atoms with Gasteiger partial charge in [-0.1, -0.05) is 35.9 Å². The van der Waals surface area contributed by atoms with Crippen LogP contribution in [0.4, 0.5) is 0 Å². The Morgan fingerprint density at radius 2 is 1.96 bits per heavy atom. The molecule has 0 bridgehead atoms. The van der Waals surface area contributed by atoms with Gasteiger partial charge < -0.3 is 4.98 Å². The van der Waals surface area contributed by atoms with Crippen molar-refractivity contribution in [1.29, 1.82) is 0 Å². The van der Waals surface area contributed by atoms with E-state index in [1.54, 1.807) is 0 Å². The van der Waals surface area contributed by atoms with Gasteiger partial charge in [-0.3, -0.25) is 0 Å². The van der Waals surface area contributed by atoms with Crippen LogP contribution in [0.3, 0.4) is 0 Å². The van der Waals surface area contributed by atoms with E-state index < -0.39 is 9.84 Å². The molecule has 1 heterocycles. The van der Waals surface area contributed by atoms with Gasteiger partial charge in [0.2, 0.25) is 0 Å². The average Bonchev–Trinajstić information content (AvgIpc) is 3.25. The number of aromatic amines is 1. The van der Waals surface area contributed by atoms with Crippen molar-refractivity contribution in [3.8, 4) is 0 Å². The van der Waals surface area contributed by atoms with Gasteiger partial charge in [-0.2, -0.15) is 0 Å². The monoisotopic (exact) mass is 399 g/mol. The molecule has 140 valence electrons. The Balaban J connectivity index is 1.66. The maximum absolute atomic E-state index is 11.8. The van der Waals surface area contributed by atoms with E-state index in [4.69, 9.17) is 11.6 Å². The molecule has 0 amide bonds. The van der Waals surface area contributed by atoms with E-state index >= 15 is 0 Å². The number of hydrogen-bond acceptors (Lipinski definition) is 2. The van der Waals surface area contributed by atoms with Crippen LogP contribution in [0.25, 0.3) is 10.9 Å². The molecule has 1 aromatic heterocycles. The first-order valence-corrected chi connectivity index (χ1v) is 11.9. The molecule has 2 aliphatic carbocycles. The zero-order valence-corrected chi connectivity index (χ0v) is 16.8. The molecule has 0 radical (unpaired) electrons. The lowest BCUT2D eigenvalue weighted by molar-refractivity contribution is 0.444. The maximum Gasteiger partial charge on any atom is 0.151 e. The Kier molecular flexibility index (Phi) is 3.92. The molecule has 1 fully saturated rings. The van der Waals surface area contributed by atoms with Gasteiger partial charge in [-0.25, -0.2) is 8.42 Å². The third-order valence-corrected chi connectivity index (χ3v) is 7.21. The van der Waals surface area contributed by atoms with Gasteiger partial charge in [0, 0.05) is 34.3 Å². The third-order valence-electron chi connectivity index (χ3n) is 6.14. The van der Waals surface area contributed by atoms with Crippen LogP contribution in [0.2, 0.25) is 5.02 Å². The second kappa shape index (κ2) is 6.11. The largest absolute Gasteiger partial charge is 0.361 e. The number of H-pyrrole nitrogens is 1. The van der Waals surface area contributed by atoms with Gasteiger partial charge >= 0.3 is 0 Å². The van der Waals surface area contributed by atoms with Crippen molar-refractivity contribution in [2.45, 2.75) is 30.9 Å². The molecule has 2 unspecified atom stereocenters. The molecule has 2 atom stereocenters. The highest BCUT2D eigenvalue weighted by Gasteiger charge is 2.43. The van der Waals surface area contributed by atoms with Gasteiger partial charge in [-0.15, -0.1) is 0 Å². The maximum atomic E-state index is 11.8. The number of aromatic nitrogens is 1. The smallest absolute Gasteiger partial charge is 0.151 e. The Morgan fingerprint density at radius 3 is 2.70 bits per heavy atom. The van der Waals surface area contributed by atoms with E-state index in [1.165, 1.54) is 35.8 Å². The fourth-order valence-corrected chi connectivity index (χ4v) is 5.89. The standard InChI is InChI=1S/C22H22ClNO2S/c1-27(25,26)12-15-3-2-4-17-20(11-24-22(15)17)21-18(13-5-6-13)9-14-7-8-16(23)10-19(14)21/h2-4,7-8,10-11,13,18,21,24H,5-6,9,12H2,1H3. The van der Waals surface area contributed by atoms with Crippen molar-refractivity contribution in [2.24, 2.45) is 11.8 Å². The lowest BCUT2D eigenvalue weighted by Crippen LogP contribution is -2.11. The zero-order chi connectivity index (χ0) is 18.8. The number of hydrogen-bond donors (Lipinski definition) is 1. The Labute approximate surface area is 164 Å². The molecule has 1 saturated carbocycles. The minimum atomic E-state index is -3.08. The fourth-order valence-electron chi connectivity index (χ4n) is 4.90. The first kappa shape index (κ1) is 17.3.